The normalized spacial score (nSPS) is 10.2. The van der Waals surface area contributed by atoms with Gasteiger partial charge < -0.3 is 10.6 Å². The second-order valence-electron chi connectivity index (χ2n) is 5.89. The Morgan fingerprint density at radius 2 is 1.69 bits per heavy atom. The Kier molecular flexibility index (Phi) is 5.39. The standard InChI is InChI=1S/C21H19N3O2/c1-15-6-2-3-10-19(15)24-21(26)18-9-4-8-17(12-18)20(25)23-14-16-7-5-11-22-13-16/h2-13H,14H2,1H3,(H,23,25)(H,24,26). The van der Waals surface area contributed by atoms with Crippen molar-refractivity contribution in [3.05, 3.63) is 95.3 Å². The number of hydrogen-bond donors (Lipinski definition) is 2. The summed E-state index contributed by atoms with van der Waals surface area (Å²) in [4.78, 5) is 28.8. The van der Waals surface area contributed by atoms with Crippen LogP contribution in [-0.4, -0.2) is 16.8 Å². The van der Waals surface area contributed by atoms with Crippen molar-refractivity contribution < 1.29 is 9.59 Å². The van der Waals surface area contributed by atoms with Gasteiger partial charge in [-0.25, -0.2) is 0 Å². The minimum Gasteiger partial charge on any atom is -0.348 e. The Labute approximate surface area is 152 Å². The van der Waals surface area contributed by atoms with Crippen LogP contribution in [0.4, 0.5) is 5.69 Å². The molecule has 130 valence electrons. The van der Waals surface area contributed by atoms with E-state index in [1.165, 1.54) is 0 Å². The highest BCUT2D eigenvalue weighted by atomic mass is 16.2. The summed E-state index contributed by atoms with van der Waals surface area (Å²) >= 11 is 0. The molecular formula is C21H19N3O2. The van der Waals surface area contributed by atoms with Gasteiger partial charge in [-0.3, -0.25) is 14.6 Å². The maximum atomic E-state index is 12.5. The van der Waals surface area contributed by atoms with E-state index < -0.39 is 0 Å². The Bertz CT molecular complexity index is 923. The molecular weight excluding hydrogens is 326 g/mol. The van der Waals surface area contributed by atoms with Crippen LogP contribution < -0.4 is 10.6 Å². The molecule has 0 unspecified atom stereocenters. The van der Waals surface area contributed by atoms with Crippen LogP contribution in [0.25, 0.3) is 0 Å². The van der Waals surface area contributed by atoms with Gasteiger partial charge in [-0.15, -0.1) is 0 Å². The summed E-state index contributed by atoms with van der Waals surface area (Å²) in [6, 6.07) is 17.9. The minimum atomic E-state index is -0.249. The number of aryl methyl sites for hydroxylation is 1. The second kappa shape index (κ2) is 8.07. The Hall–Kier alpha value is -3.47. The zero-order valence-corrected chi connectivity index (χ0v) is 14.4. The molecule has 0 bridgehead atoms. The first kappa shape index (κ1) is 17.4. The van der Waals surface area contributed by atoms with Crippen molar-refractivity contribution in [3.63, 3.8) is 0 Å². The zero-order valence-electron chi connectivity index (χ0n) is 14.4. The molecule has 0 radical (unpaired) electrons. The average molecular weight is 345 g/mol. The van der Waals surface area contributed by atoms with Crippen molar-refractivity contribution in [3.8, 4) is 0 Å². The van der Waals surface area contributed by atoms with Crippen LogP contribution in [0.2, 0.25) is 0 Å². The summed E-state index contributed by atoms with van der Waals surface area (Å²) < 4.78 is 0. The molecule has 0 spiro atoms. The second-order valence-corrected chi connectivity index (χ2v) is 5.89. The molecule has 0 aliphatic rings. The number of pyridine rings is 1. The van der Waals surface area contributed by atoms with E-state index in [9.17, 15) is 9.59 Å². The summed E-state index contributed by atoms with van der Waals surface area (Å²) in [6.45, 7) is 2.31. The van der Waals surface area contributed by atoms with Crippen LogP contribution in [0.3, 0.4) is 0 Å². The number of carbonyl (C=O) groups excluding carboxylic acids is 2. The van der Waals surface area contributed by atoms with E-state index >= 15 is 0 Å². The van der Waals surface area contributed by atoms with Gasteiger partial charge in [-0.1, -0.05) is 30.3 Å². The van der Waals surface area contributed by atoms with Crippen LogP contribution in [0.15, 0.2) is 73.1 Å². The molecule has 1 aromatic heterocycles. The zero-order chi connectivity index (χ0) is 18.4. The number of rotatable bonds is 5. The highest BCUT2D eigenvalue weighted by Crippen LogP contribution is 2.15. The molecule has 0 fully saturated rings. The third kappa shape index (κ3) is 4.33. The number of nitrogens with zero attached hydrogens (tertiary/aromatic N) is 1. The van der Waals surface area contributed by atoms with Crippen LogP contribution in [0.5, 0.6) is 0 Å². The predicted octanol–water partition coefficient (Wildman–Crippen LogP) is 3.57. The van der Waals surface area contributed by atoms with Crippen molar-refractivity contribution in [2.45, 2.75) is 13.5 Å². The molecule has 3 rings (SSSR count). The van der Waals surface area contributed by atoms with Gasteiger partial charge >= 0.3 is 0 Å². The highest BCUT2D eigenvalue weighted by Gasteiger charge is 2.11. The lowest BCUT2D eigenvalue weighted by molar-refractivity contribution is 0.0951. The molecule has 5 heteroatoms. The monoisotopic (exact) mass is 345 g/mol. The summed E-state index contributed by atoms with van der Waals surface area (Å²) in [5, 5.41) is 5.70. The van der Waals surface area contributed by atoms with E-state index in [1.54, 1.807) is 36.7 Å². The van der Waals surface area contributed by atoms with E-state index in [1.807, 2.05) is 43.3 Å². The Balaban J connectivity index is 1.68. The van der Waals surface area contributed by atoms with E-state index in [4.69, 9.17) is 0 Å². The lowest BCUT2D eigenvalue weighted by Crippen LogP contribution is -2.23. The molecule has 2 N–H and O–H groups in total. The van der Waals surface area contributed by atoms with E-state index in [-0.39, 0.29) is 11.8 Å². The van der Waals surface area contributed by atoms with Crippen molar-refractivity contribution in [2.75, 3.05) is 5.32 Å². The lowest BCUT2D eigenvalue weighted by Gasteiger charge is -2.09. The quantitative estimate of drug-likeness (QED) is 0.742. The minimum absolute atomic E-state index is 0.237. The van der Waals surface area contributed by atoms with E-state index in [2.05, 4.69) is 15.6 Å². The van der Waals surface area contributed by atoms with Gasteiger partial charge in [-0.2, -0.15) is 0 Å². The lowest BCUT2D eigenvalue weighted by atomic mass is 10.1. The SMILES string of the molecule is Cc1ccccc1NC(=O)c1cccc(C(=O)NCc2cccnc2)c1. The molecule has 2 aromatic carbocycles. The number of hydrogen-bond acceptors (Lipinski definition) is 3. The van der Waals surface area contributed by atoms with Crippen molar-refractivity contribution in [2.24, 2.45) is 0 Å². The first-order valence-electron chi connectivity index (χ1n) is 8.27. The van der Waals surface area contributed by atoms with Crippen LogP contribution in [-0.2, 0) is 6.54 Å². The van der Waals surface area contributed by atoms with Crippen molar-refractivity contribution in [1.82, 2.24) is 10.3 Å². The molecule has 0 saturated carbocycles. The fraction of sp³-hybridized carbons (Fsp3) is 0.0952. The van der Waals surface area contributed by atoms with Crippen LogP contribution in [0.1, 0.15) is 31.8 Å². The van der Waals surface area contributed by atoms with Gasteiger partial charge in [0.25, 0.3) is 11.8 Å². The molecule has 0 atom stereocenters. The summed E-state index contributed by atoms with van der Waals surface area (Å²) in [5.41, 5.74) is 3.51. The van der Waals surface area contributed by atoms with Gasteiger partial charge in [0, 0.05) is 35.8 Å². The molecule has 1 heterocycles. The predicted molar refractivity (Wildman–Crippen MR) is 101 cm³/mol. The number of anilines is 1. The topological polar surface area (TPSA) is 71.1 Å². The third-order valence-electron chi connectivity index (χ3n) is 3.96. The maximum absolute atomic E-state index is 12.5. The van der Waals surface area contributed by atoms with Gasteiger partial charge in [0.15, 0.2) is 0 Å². The fourth-order valence-corrected chi connectivity index (χ4v) is 2.50. The molecule has 0 aliphatic carbocycles. The number of carbonyl (C=O) groups is 2. The van der Waals surface area contributed by atoms with Crippen molar-refractivity contribution >= 4 is 17.5 Å². The fourth-order valence-electron chi connectivity index (χ4n) is 2.50. The van der Waals surface area contributed by atoms with E-state index in [0.717, 1.165) is 16.8 Å². The molecule has 0 saturated heterocycles. The van der Waals surface area contributed by atoms with Gasteiger partial charge in [0.2, 0.25) is 0 Å². The molecule has 3 aromatic rings. The van der Waals surface area contributed by atoms with Crippen LogP contribution >= 0.6 is 0 Å². The van der Waals surface area contributed by atoms with Crippen molar-refractivity contribution in [1.29, 1.82) is 0 Å². The first-order chi connectivity index (χ1) is 12.6. The molecule has 5 nitrogen and oxygen atoms in total. The summed E-state index contributed by atoms with van der Waals surface area (Å²) in [6.07, 6.45) is 3.38. The maximum Gasteiger partial charge on any atom is 0.255 e. The Morgan fingerprint density at radius 3 is 2.42 bits per heavy atom. The largest absolute Gasteiger partial charge is 0.348 e. The number of amides is 2. The Morgan fingerprint density at radius 1 is 0.923 bits per heavy atom. The number of nitrogens with one attached hydrogen (secondary N) is 2. The van der Waals surface area contributed by atoms with Gasteiger partial charge in [0.1, 0.15) is 0 Å². The smallest absolute Gasteiger partial charge is 0.255 e. The molecule has 2 amide bonds. The van der Waals surface area contributed by atoms with E-state index in [0.29, 0.717) is 17.7 Å². The average Bonchev–Trinajstić information content (AvgIpc) is 2.69. The number of benzene rings is 2. The van der Waals surface area contributed by atoms with Gasteiger partial charge in [-0.05, 0) is 48.4 Å². The molecule has 26 heavy (non-hydrogen) atoms. The number of para-hydroxylation sites is 1. The third-order valence-corrected chi connectivity index (χ3v) is 3.96. The number of aromatic nitrogens is 1. The molecule has 0 aliphatic heterocycles. The summed E-state index contributed by atoms with van der Waals surface area (Å²) in [5.74, 6) is -0.486. The highest BCUT2D eigenvalue weighted by molar-refractivity contribution is 6.06. The van der Waals surface area contributed by atoms with Crippen LogP contribution in [0, 0.1) is 6.92 Å². The van der Waals surface area contributed by atoms with Gasteiger partial charge in [0.05, 0.1) is 0 Å². The summed E-state index contributed by atoms with van der Waals surface area (Å²) in [7, 11) is 0. The first-order valence-corrected chi connectivity index (χ1v) is 8.27.